The first kappa shape index (κ1) is 18.2. The van der Waals surface area contributed by atoms with E-state index in [1.165, 1.54) is 24.0 Å². The Bertz CT molecular complexity index is 573. The number of piperidine rings is 2. The van der Waals surface area contributed by atoms with E-state index in [2.05, 4.69) is 46.0 Å². The summed E-state index contributed by atoms with van der Waals surface area (Å²) in [6, 6.07) is 8.52. The van der Waals surface area contributed by atoms with Crippen molar-refractivity contribution in [1.82, 2.24) is 9.80 Å². The van der Waals surface area contributed by atoms with Crippen LogP contribution in [-0.4, -0.2) is 53.1 Å². The molecule has 2 heterocycles. The zero-order chi connectivity index (χ0) is 17.6. The van der Waals surface area contributed by atoms with Gasteiger partial charge in [-0.05, 0) is 42.7 Å². The monoisotopic (exact) mass is 344 g/mol. The van der Waals surface area contributed by atoms with E-state index in [9.17, 15) is 5.11 Å². The van der Waals surface area contributed by atoms with Gasteiger partial charge in [-0.3, -0.25) is 4.90 Å². The van der Waals surface area contributed by atoms with Crippen LogP contribution in [0.2, 0.25) is 0 Å². The number of nitrogens with two attached hydrogens (primary N) is 1. The van der Waals surface area contributed by atoms with Crippen molar-refractivity contribution in [2.24, 2.45) is 16.6 Å². The first-order valence-electron chi connectivity index (χ1n) is 9.64. The van der Waals surface area contributed by atoms with Crippen LogP contribution in [0.5, 0.6) is 0 Å². The third-order valence-corrected chi connectivity index (χ3v) is 5.59. The van der Waals surface area contributed by atoms with Crippen molar-refractivity contribution in [3.8, 4) is 0 Å². The molecule has 1 aromatic carbocycles. The first-order chi connectivity index (χ1) is 12.1. The fourth-order valence-corrected chi connectivity index (χ4v) is 3.69. The van der Waals surface area contributed by atoms with Crippen LogP contribution in [-0.2, 0) is 13.1 Å². The summed E-state index contributed by atoms with van der Waals surface area (Å²) in [5.74, 6) is 1.48. The molecule has 0 unspecified atom stereocenters. The highest BCUT2D eigenvalue weighted by Crippen LogP contribution is 2.18. The number of nitrogens with zero attached hydrogens (tertiary/aromatic N) is 3. The summed E-state index contributed by atoms with van der Waals surface area (Å²) in [7, 11) is 0. The van der Waals surface area contributed by atoms with Crippen LogP contribution in [0.1, 0.15) is 43.7 Å². The molecule has 0 saturated carbocycles. The Balaban J connectivity index is 1.59. The molecule has 0 spiro atoms. The van der Waals surface area contributed by atoms with Gasteiger partial charge in [0.2, 0.25) is 0 Å². The SMILES string of the molecule is CC1CCN(C(N)=NCc2ccccc2CN2CCC(O)CC2)CC1. The van der Waals surface area contributed by atoms with E-state index < -0.39 is 0 Å². The summed E-state index contributed by atoms with van der Waals surface area (Å²) in [5.41, 5.74) is 8.80. The molecule has 0 amide bonds. The normalized spacial score (nSPS) is 21.7. The molecule has 5 heteroatoms. The molecule has 1 aromatic rings. The molecule has 2 fully saturated rings. The summed E-state index contributed by atoms with van der Waals surface area (Å²) >= 11 is 0. The molecule has 5 nitrogen and oxygen atoms in total. The van der Waals surface area contributed by atoms with Gasteiger partial charge in [0, 0.05) is 32.7 Å². The highest BCUT2D eigenvalue weighted by atomic mass is 16.3. The van der Waals surface area contributed by atoms with E-state index in [0.29, 0.717) is 12.5 Å². The van der Waals surface area contributed by atoms with E-state index in [-0.39, 0.29) is 6.10 Å². The van der Waals surface area contributed by atoms with Crippen molar-refractivity contribution in [2.45, 2.75) is 51.8 Å². The maximum Gasteiger partial charge on any atom is 0.191 e. The topological polar surface area (TPSA) is 65.1 Å². The average molecular weight is 345 g/mol. The largest absolute Gasteiger partial charge is 0.393 e. The maximum atomic E-state index is 9.67. The highest BCUT2D eigenvalue weighted by molar-refractivity contribution is 5.78. The second-order valence-corrected chi connectivity index (χ2v) is 7.62. The van der Waals surface area contributed by atoms with Crippen LogP contribution in [0.25, 0.3) is 0 Å². The highest BCUT2D eigenvalue weighted by Gasteiger charge is 2.19. The number of hydrogen-bond acceptors (Lipinski definition) is 3. The summed E-state index contributed by atoms with van der Waals surface area (Å²) < 4.78 is 0. The zero-order valence-corrected chi connectivity index (χ0v) is 15.4. The number of aliphatic imine (C=N–C) groups is 1. The number of guanidine groups is 1. The Kier molecular flexibility index (Phi) is 6.32. The lowest BCUT2D eigenvalue weighted by atomic mass is 10.00. The minimum atomic E-state index is -0.122. The van der Waals surface area contributed by atoms with Crippen molar-refractivity contribution in [3.05, 3.63) is 35.4 Å². The second-order valence-electron chi connectivity index (χ2n) is 7.62. The predicted octanol–water partition coefficient (Wildman–Crippen LogP) is 2.19. The number of hydrogen-bond donors (Lipinski definition) is 2. The minimum Gasteiger partial charge on any atom is -0.393 e. The molecule has 2 saturated heterocycles. The van der Waals surface area contributed by atoms with Crippen LogP contribution in [0, 0.1) is 5.92 Å². The van der Waals surface area contributed by atoms with Gasteiger partial charge < -0.3 is 15.7 Å². The molecule has 0 aliphatic carbocycles. The standard InChI is InChI=1S/C20H32N4O/c1-16-6-12-24(13-7-16)20(21)22-14-17-4-2-3-5-18(17)15-23-10-8-19(25)9-11-23/h2-5,16,19,25H,6-15H2,1H3,(H2,21,22). The Hall–Kier alpha value is -1.59. The van der Waals surface area contributed by atoms with Gasteiger partial charge in [-0.25, -0.2) is 4.99 Å². The van der Waals surface area contributed by atoms with Gasteiger partial charge in [-0.2, -0.15) is 0 Å². The van der Waals surface area contributed by atoms with Crippen LogP contribution in [0.4, 0.5) is 0 Å². The lowest BCUT2D eigenvalue weighted by Crippen LogP contribution is -2.42. The van der Waals surface area contributed by atoms with Gasteiger partial charge in [0.05, 0.1) is 12.6 Å². The Morgan fingerprint density at radius 2 is 1.72 bits per heavy atom. The lowest BCUT2D eigenvalue weighted by molar-refractivity contribution is 0.0791. The van der Waals surface area contributed by atoms with Crippen molar-refractivity contribution in [2.75, 3.05) is 26.2 Å². The van der Waals surface area contributed by atoms with Gasteiger partial charge >= 0.3 is 0 Å². The van der Waals surface area contributed by atoms with Crippen LogP contribution >= 0.6 is 0 Å². The average Bonchev–Trinajstić information content (AvgIpc) is 2.63. The fourth-order valence-electron chi connectivity index (χ4n) is 3.69. The molecule has 25 heavy (non-hydrogen) atoms. The summed E-state index contributed by atoms with van der Waals surface area (Å²) in [6.07, 6.45) is 4.03. The zero-order valence-electron chi connectivity index (χ0n) is 15.4. The third-order valence-electron chi connectivity index (χ3n) is 5.59. The third kappa shape index (κ3) is 5.19. The van der Waals surface area contributed by atoms with Crippen molar-refractivity contribution >= 4 is 5.96 Å². The summed E-state index contributed by atoms with van der Waals surface area (Å²) in [6.45, 7) is 7.85. The molecular weight excluding hydrogens is 312 g/mol. The molecule has 0 radical (unpaired) electrons. The molecule has 3 N–H and O–H groups in total. The van der Waals surface area contributed by atoms with Crippen molar-refractivity contribution in [3.63, 3.8) is 0 Å². The maximum absolute atomic E-state index is 9.67. The van der Waals surface area contributed by atoms with E-state index in [4.69, 9.17) is 5.73 Å². The first-order valence-corrected chi connectivity index (χ1v) is 9.64. The molecule has 138 valence electrons. The Morgan fingerprint density at radius 1 is 1.08 bits per heavy atom. The quantitative estimate of drug-likeness (QED) is 0.649. The number of aliphatic hydroxyl groups excluding tert-OH is 1. The molecule has 0 aromatic heterocycles. The molecule has 0 bridgehead atoms. The van der Waals surface area contributed by atoms with E-state index in [0.717, 1.165) is 51.5 Å². The fraction of sp³-hybridized carbons (Fsp3) is 0.650. The smallest absolute Gasteiger partial charge is 0.191 e. The second kappa shape index (κ2) is 8.68. The van der Waals surface area contributed by atoms with Gasteiger partial charge in [-0.1, -0.05) is 31.2 Å². The minimum absolute atomic E-state index is 0.122. The Labute approximate surface area is 151 Å². The van der Waals surface area contributed by atoms with Crippen LogP contribution in [0.3, 0.4) is 0 Å². The van der Waals surface area contributed by atoms with Crippen LogP contribution < -0.4 is 5.73 Å². The van der Waals surface area contributed by atoms with Gasteiger partial charge in [0.25, 0.3) is 0 Å². The van der Waals surface area contributed by atoms with E-state index >= 15 is 0 Å². The van der Waals surface area contributed by atoms with E-state index in [1.54, 1.807) is 0 Å². The van der Waals surface area contributed by atoms with E-state index in [1.807, 2.05) is 0 Å². The molecule has 3 rings (SSSR count). The lowest BCUT2D eigenvalue weighted by Gasteiger charge is -2.31. The van der Waals surface area contributed by atoms with Gasteiger partial charge in [0.15, 0.2) is 5.96 Å². The van der Waals surface area contributed by atoms with Gasteiger partial charge in [0.1, 0.15) is 0 Å². The molecule has 2 aliphatic rings. The molecule has 2 aliphatic heterocycles. The summed E-state index contributed by atoms with van der Waals surface area (Å²) in [5, 5.41) is 9.67. The molecule has 0 atom stereocenters. The summed E-state index contributed by atoms with van der Waals surface area (Å²) in [4.78, 5) is 9.31. The number of benzene rings is 1. The van der Waals surface area contributed by atoms with Crippen molar-refractivity contribution < 1.29 is 5.11 Å². The van der Waals surface area contributed by atoms with Crippen molar-refractivity contribution in [1.29, 1.82) is 0 Å². The number of rotatable bonds is 4. The number of likely N-dealkylation sites (tertiary alicyclic amines) is 2. The predicted molar refractivity (Wildman–Crippen MR) is 102 cm³/mol. The molecular formula is C20H32N4O. The number of aliphatic hydroxyl groups is 1. The van der Waals surface area contributed by atoms with Crippen LogP contribution in [0.15, 0.2) is 29.3 Å². The Morgan fingerprint density at radius 3 is 2.40 bits per heavy atom. The van der Waals surface area contributed by atoms with Gasteiger partial charge in [-0.15, -0.1) is 0 Å².